The number of rotatable bonds is 5. The molecule has 2 N–H and O–H groups in total. The van der Waals surface area contributed by atoms with Gasteiger partial charge in [0.25, 0.3) is 0 Å². The van der Waals surface area contributed by atoms with Crippen LogP contribution in [-0.4, -0.2) is 23.5 Å². The number of aryl methyl sites for hydroxylation is 1. The van der Waals surface area contributed by atoms with Gasteiger partial charge in [0.15, 0.2) is 0 Å². The second-order valence-corrected chi connectivity index (χ2v) is 5.85. The predicted octanol–water partition coefficient (Wildman–Crippen LogP) is 2.32. The van der Waals surface area contributed by atoms with Crippen molar-refractivity contribution in [2.45, 2.75) is 57.5 Å². The van der Waals surface area contributed by atoms with E-state index in [2.05, 4.69) is 15.6 Å². The number of aromatic nitrogens is 1. The van der Waals surface area contributed by atoms with E-state index in [0.29, 0.717) is 13.0 Å². The first kappa shape index (κ1) is 15.0. The molecule has 1 amide bonds. The van der Waals surface area contributed by atoms with Crippen LogP contribution < -0.4 is 10.6 Å². The van der Waals surface area contributed by atoms with Crippen LogP contribution in [-0.2, 0) is 11.3 Å². The molecule has 1 heterocycles. The zero-order valence-electron chi connectivity index (χ0n) is 12.5. The zero-order valence-corrected chi connectivity index (χ0v) is 12.5. The fraction of sp³-hybridized carbons (Fsp3) is 0.625. The number of hydrogen-bond donors (Lipinski definition) is 2. The van der Waals surface area contributed by atoms with Crippen molar-refractivity contribution in [2.75, 3.05) is 7.05 Å². The normalized spacial score (nSPS) is 17.7. The molecule has 110 valence electrons. The molecule has 2 rings (SSSR count). The van der Waals surface area contributed by atoms with Gasteiger partial charge in [-0.05, 0) is 44.0 Å². The van der Waals surface area contributed by atoms with E-state index in [0.717, 1.165) is 18.4 Å². The van der Waals surface area contributed by atoms with Gasteiger partial charge in [0.2, 0.25) is 5.91 Å². The highest BCUT2D eigenvalue weighted by Crippen LogP contribution is 2.30. The molecule has 0 aromatic carbocycles. The lowest BCUT2D eigenvalue weighted by Gasteiger charge is -2.36. The largest absolute Gasteiger partial charge is 0.352 e. The smallest absolute Gasteiger partial charge is 0.222 e. The molecule has 20 heavy (non-hydrogen) atoms. The summed E-state index contributed by atoms with van der Waals surface area (Å²) in [4.78, 5) is 16.3. The van der Waals surface area contributed by atoms with E-state index in [1.165, 1.54) is 24.8 Å². The van der Waals surface area contributed by atoms with Crippen LogP contribution in [0.25, 0.3) is 0 Å². The summed E-state index contributed by atoms with van der Waals surface area (Å²) in [5, 5.41) is 6.41. The Morgan fingerprint density at radius 3 is 2.75 bits per heavy atom. The molecule has 1 aromatic rings. The number of amides is 1. The first-order valence-corrected chi connectivity index (χ1v) is 7.50. The topological polar surface area (TPSA) is 54.0 Å². The number of hydrogen-bond acceptors (Lipinski definition) is 3. The molecule has 0 atom stereocenters. The van der Waals surface area contributed by atoms with E-state index in [-0.39, 0.29) is 11.4 Å². The van der Waals surface area contributed by atoms with Crippen molar-refractivity contribution in [3.63, 3.8) is 0 Å². The van der Waals surface area contributed by atoms with Crippen LogP contribution in [0.15, 0.2) is 18.5 Å². The molecule has 0 spiro atoms. The standard InChI is InChI=1S/C16H25N3O/c1-13-6-9-18-11-14(13)12-19-15(20)10-16(17-2)7-4-3-5-8-16/h6,9,11,17H,3-5,7-8,10,12H2,1-2H3,(H,19,20). The summed E-state index contributed by atoms with van der Waals surface area (Å²) < 4.78 is 0. The Bertz CT molecular complexity index is 453. The molecule has 0 unspecified atom stereocenters. The first-order valence-electron chi connectivity index (χ1n) is 7.50. The maximum absolute atomic E-state index is 12.2. The van der Waals surface area contributed by atoms with Crippen LogP contribution in [0, 0.1) is 6.92 Å². The first-order chi connectivity index (χ1) is 9.65. The molecule has 1 aliphatic carbocycles. The van der Waals surface area contributed by atoms with Crippen LogP contribution in [0.3, 0.4) is 0 Å². The van der Waals surface area contributed by atoms with E-state index in [1.54, 1.807) is 6.20 Å². The SMILES string of the molecule is CNC1(CC(=O)NCc2cnccc2C)CCCCC1. The lowest BCUT2D eigenvalue weighted by Crippen LogP contribution is -2.48. The minimum atomic E-state index is 0.00627. The number of carbonyl (C=O) groups is 1. The van der Waals surface area contributed by atoms with Crippen molar-refractivity contribution in [3.8, 4) is 0 Å². The molecule has 0 radical (unpaired) electrons. The van der Waals surface area contributed by atoms with E-state index in [1.807, 2.05) is 26.2 Å². The maximum atomic E-state index is 12.2. The quantitative estimate of drug-likeness (QED) is 0.867. The van der Waals surface area contributed by atoms with Gasteiger partial charge in [-0.3, -0.25) is 9.78 Å². The molecule has 1 aromatic heterocycles. The van der Waals surface area contributed by atoms with Gasteiger partial charge in [-0.2, -0.15) is 0 Å². The third kappa shape index (κ3) is 3.79. The van der Waals surface area contributed by atoms with Crippen molar-refractivity contribution in [1.29, 1.82) is 0 Å². The summed E-state index contributed by atoms with van der Waals surface area (Å²) in [5.41, 5.74) is 2.26. The van der Waals surface area contributed by atoms with Gasteiger partial charge in [-0.25, -0.2) is 0 Å². The van der Waals surface area contributed by atoms with E-state index >= 15 is 0 Å². The third-order valence-electron chi connectivity index (χ3n) is 4.46. The Morgan fingerprint density at radius 1 is 1.35 bits per heavy atom. The summed E-state index contributed by atoms with van der Waals surface area (Å²) in [6, 6.07) is 1.97. The van der Waals surface area contributed by atoms with Gasteiger partial charge in [0, 0.05) is 30.9 Å². The molecule has 1 aliphatic rings. The maximum Gasteiger partial charge on any atom is 0.222 e. The average molecular weight is 275 g/mol. The minimum absolute atomic E-state index is 0.00627. The summed E-state index contributed by atoms with van der Waals surface area (Å²) in [5.74, 6) is 0.129. The van der Waals surface area contributed by atoms with Gasteiger partial charge in [-0.15, -0.1) is 0 Å². The molecule has 0 bridgehead atoms. The van der Waals surface area contributed by atoms with Crippen molar-refractivity contribution in [1.82, 2.24) is 15.6 Å². The van der Waals surface area contributed by atoms with Crippen LogP contribution in [0.5, 0.6) is 0 Å². The molecule has 4 heteroatoms. The fourth-order valence-electron chi connectivity index (χ4n) is 2.99. The molecule has 0 aliphatic heterocycles. The Balaban J connectivity index is 1.87. The number of nitrogens with one attached hydrogen (secondary N) is 2. The van der Waals surface area contributed by atoms with E-state index in [9.17, 15) is 4.79 Å². The summed E-state index contributed by atoms with van der Waals surface area (Å²) >= 11 is 0. The second-order valence-electron chi connectivity index (χ2n) is 5.85. The van der Waals surface area contributed by atoms with Crippen molar-refractivity contribution < 1.29 is 4.79 Å². The molecule has 4 nitrogen and oxygen atoms in total. The highest BCUT2D eigenvalue weighted by Gasteiger charge is 2.32. The summed E-state index contributed by atoms with van der Waals surface area (Å²) in [6.45, 7) is 2.61. The van der Waals surface area contributed by atoms with Crippen molar-refractivity contribution in [2.24, 2.45) is 0 Å². The summed E-state index contributed by atoms with van der Waals surface area (Å²) in [6.07, 6.45) is 10.1. The van der Waals surface area contributed by atoms with Gasteiger partial charge >= 0.3 is 0 Å². The number of pyridine rings is 1. The van der Waals surface area contributed by atoms with Gasteiger partial charge in [0.05, 0.1) is 0 Å². The monoisotopic (exact) mass is 275 g/mol. The van der Waals surface area contributed by atoms with Crippen LogP contribution >= 0.6 is 0 Å². The molecule has 0 saturated heterocycles. The number of carbonyl (C=O) groups excluding carboxylic acids is 1. The zero-order chi connectivity index (χ0) is 14.4. The van der Waals surface area contributed by atoms with E-state index in [4.69, 9.17) is 0 Å². The Kier molecular flexibility index (Phi) is 5.12. The molecular formula is C16H25N3O. The Labute approximate surface area is 121 Å². The van der Waals surface area contributed by atoms with Crippen LogP contribution in [0.2, 0.25) is 0 Å². The van der Waals surface area contributed by atoms with Crippen molar-refractivity contribution >= 4 is 5.91 Å². The van der Waals surface area contributed by atoms with Gasteiger partial charge in [0.1, 0.15) is 0 Å². The molecule has 1 fully saturated rings. The lowest BCUT2D eigenvalue weighted by atomic mass is 9.79. The highest BCUT2D eigenvalue weighted by molar-refractivity contribution is 5.77. The highest BCUT2D eigenvalue weighted by atomic mass is 16.1. The number of nitrogens with zero attached hydrogens (tertiary/aromatic N) is 1. The van der Waals surface area contributed by atoms with Crippen molar-refractivity contribution in [3.05, 3.63) is 29.6 Å². The summed E-state index contributed by atoms with van der Waals surface area (Å²) in [7, 11) is 1.98. The lowest BCUT2D eigenvalue weighted by molar-refractivity contribution is -0.123. The predicted molar refractivity (Wildman–Crippen MR) is 80.3 cm³/mol. The van der Waals surface area contributed by atoms with Crippen LogP contribution in [0.1, 0.15) is 49.7 Å². The average Bonchev–Trinajstić information content (AvgIpc) is 2.47. The second kappa shape index (κ2) is 6.84. The Hall–Kier alpha value is -1.42. The fourth-order valence-corrected chi connectivity index (χ4v) is 2.99. The molecular weight excluding hydrogens is 250 g/mol. The van der Waals surface area contributed by atoms with E-state index < -0.39 is 0 Å². The Morgan fingerprint density at radius 2 is 2.10 bits per heavy atom. The minimum Gasteiger partial charge on any atom is -0.352 e. The van der Waals surface area contributed by atoms with Gasteiger partial charge < -0.3 is 10.6 Å². The third-order valence-corrected chi connectivity index (χ3v) is 4.46. The molecule has 1 saturated carbocycles. The van der Waals surface area contributed by atoms with Gasteiger partial charge in [-0.1, -0.05) is 19.3 Å². The van der Waals surface area contributed by atoms with Crippen LogP contribution in [0.4, 0.5) is 0 Å².